The molecule has 4 rings (SSSR count). The van der Waals surface area contributed by atoms with Crippen LogP contribution in [0.5, 0.6) is 0 Å². The van der Waals surface area contributed by atoms with Crippen LogP contribution >= 0.6 is 0 Å². The topological polar surface area (TPSA) is 79.6 Å². The lowest BCUT2D eigenvalue weighted by Crippen LogP contribution is -2.46. The zero-order valence-corrected chi connectivity index (χ0v) is 17.0. The molecule has 0 radical (unpaired) electrons. The second-order valence-corrected chi connectivity index (χ2v) is 9.05. The van der Waals surface area contributed by atoms with Gasteiger partial charge in [-0.15, -0.1) is 0 Å². The van der Waals surface area contributed by atoms with Crippen LogP contribution in [0, 0.1) is 18.6 Å². The second kappa shape index (κ2) is 7.81. The number of nitrogens with zero attached hydrogens (tertiary/aromatic N) is 1. The van der Waals surface area contributed by atoms with Crippen LogP contribution < -0.4 is 4.72 Å². The van der Waals surface area contributed by atoms with Crippen LogP contribution in [0.3, 0.4) is 0 Å². The van der Waals surface area contributed by atoms with Crippen molar-refractivity contribution in [2.75, 3.05) is 13.1 Å². The van der Waals surface area contributed by atoms with Crippen LogP contribution in [-0.2, 0) is 10.0 Å². The van der Waals surface area contributed by atoms with E-state index in [1.807, 2.05) is 0 Å². The molecular formula is C21H20F2N2O4S. The van der Waals surface area contributed by atoms with Crippen LogP contribution in [0.25, 0.3) is 11.0 Å². The summed E-state index contributed by atoms with van der Waals surface area (Å²) in [6.45, 7) is 2.41. The van der Waals surface area contributed by atoms with Crippen molar-refractivity contribution >= 4 is 26.9 Å². The number of nitrogens with one attached hydrogen (secondary N) is 1. The highest BCUT2D eigenvalue weighted by Crippen LogP contribution is 2.28. The van der Waals surface area contributed by atoms with E-state index < -0.39 is 21.7 Å². The number of furan rings is 1. The van der Waals surface area contributed by atoms with Gasteiger partial charge < -0.3 is 9.32 Å². The van der Waals surface area contributed by atoms with Gasteiger partial charge in [0.15, 0.2) is 5.76 Å². The third-order valence-corrected chi connectivity index (χ3v) is 6.86. The Kier molecular flexibility index (Phi) is 5.33. The Balaban J connectivity index is 1.43. The van der Waals surface area contributed by atoms with Crippen molar-refractivity contribution in [2.24, 2.45) is 0 Å². The van der Waals surface area contributed by atoms with Crippen molar-refractivity contribution in [1.82, 2.24) is 9.62 Å². The van der Waals surface area contributed by atoms with Gasteiger partial charge in [-0.25, -0.2) is 21.9 Å². The number of likely N-dealkylation sites (tertiary alicyclic amines) is 1. The lowest BCUT2D eigenvalue weighted by Gasteiger charge is -2.31. The summed E-state index contributed by atoms with van der Waals surface area (Å²) in [7, 11) is -3.77. The van der Waals surface area contributed by atoms with Gasteiger partial charge in [0, 0.05) is 30.1 Å². The molecule has 0 aliphatic carbocycles. The molecule has 0 saturated carbocycles. The molecule has 1 aliphatic heterocycles. The van der Waals surface area contributed by atoms with E-state index in [0.29, 0.717) is 42.5 Å². The first kappa shape index (κ1) is 20.5. The quantitative estimate of drug-likeness (QED) is 0.681. The molecule has 1 N–H and O–H groups in total. The summed E-state index contributed by atoms with van der Waals surface area (Å²) in [6, 6.07) is 8.38. The molecule has 0 bridgehead atoms. The Labute approximate surface area is 172 Å². The smallest absolute Gasteiger partial charge is 0.289 e. The van der Waals surface area contributed by atoms with Crippen LogP contribution in [-0.4, -0.2) is 38.4 Å². The first-order chi connectivity index (χ1) is 14.2. The van der Waals surface area contributed by atoms with Gasteiger partial charge in [-0.05, 0) is 62.2 Å². The molecule has 2 heterocycles. The summed E-state index contributed by atoms with van der Waals surface area (Å²) < 4.78 is 59.7. The Morgan fingerprint density at radius 2 is 1.70 bits per heavy atom. The number of halogens is 2. The molecule has 9 heteroatoms. The molecule has 0 unspecified atom stereocenters. The van der Waals surface area contributed by atoms with E-state index in [9.17, 15) is 22.0 Å². The highest BCUT2D eigenvalue weighted by atomic mass is 32.2. The Bertz CT molecular complexity index is 1200. The monoisotopic (exact) mass is 434 g/mol. The molecule has 2 aromatic carbocycles. The first-order valence-electron chi connectivity index (χ1n) is 9.50. The molecule has 1 saturated heterocycles. The van der Waals surface area contributed by atoms with Crippen molar-refractivity contribution in [3.05, 3.63) is 65.4 Å². The van der Waals surface area contributed by atoms with Gasteiger partial charge in [0.05, 0.1) is 4.90 Å². The highest BCUT2D eigenvalue weighted by molar-refractivity contribution is 7.89. The summed E-state index contributed by atoms with van der Waals surface area (Å²) >= 11 is 0. The summed E-state index contributed by atoms with van der Waals surface area (Å²) in [5, 5.41) is 0.556. The summed E-state index contributed by atoms with van der Waals surface area (Å²) in [5.41, 5.74) is 1.02. The summed E-state index contributed by atoms with van der Waals surface area (Å²) in [4.78, 5) is 14.5. The fourth-order valence-corrected chi connectivity index (χ4v) is 4.95. The van der Waals surface area contributed by atoms with Gasteiger partial charge in [0.25, 0.3) is 5.91 Å². The fourth-order valence-electron chi connectivity index (χ4n) is 3.64. The molecule has 30 heavy (non-hydrogen) atoms. The average molecular weight is 434 g/mol. The van der Waals surface area contributed by atoms with E-state index in [-0.39, 0.29) is 22.6 Å². The molecule has 0 atom stereocenters. The number of carbonyl (C=O) groups is 1. The van der Waals surface area contributed by atoms with E-state index in [4.69, 9.17) is 4.42 Å². The number of piperidine rings is 1. The lowest BCUT2D eigenvalue weighted by atomic mass is 10.1. The third-order valence-electron chi connectivity index (χ3n) is 5.32. The van der Waals surface area contributed by atoms with Crippen molar-refractivity contribution < 1.29 is 26.4 Å². The van der Waals surface area contributed by atoms with Gasteiger partial charge in [0.2, 0.25) is 10.0 Å². The van der Waals surface area contributed by atoms with E-state index in [1.54, 1.807) is 11.8 Å². The minimum atomic E-state index is -3.77. The van der Waals surface area contributed by atoms with Gasteiger partial charge in [-0.2, -0.15) is 0 Å². The molecule has 0 spiro atoms. The number of aryl methyl sites for hydroxylation is 1. The third kappa shape index (κ3) is 3.95. The average Bonchev–Trinajstić information content (AvgIpc) is 3.04. The number of amides is 1. The maximum absolute atomic E-state index is 13.5. The minimum Gasteiger partial charge on any atom is -0.451 e. The zero-order valence-electron chi connectivity index (χ0n) is 16.2. The number of hydrogen-bond donors (Lipinski definition) is 1. The van der Waals surface area contributed by atoms with Crippen LogP contribution in [0.2, 0.25) is 0 Å². The lowest BCUT2D eigenvalue weighted by molar-refractivity contribution is 0.0680. The Morgan fingerprint density at radius 3 is 2.37 bits per heavy atom. The van der Waals surface area contributed by atoms with Crippen molar-refractivity contribution in [3.8, 4) is 0 Å². The van der Waals surface area contributed by atoms with Crippen molar-refractivity contribution in [2.45, 2.75) is 30.7 Å². The van der Waals surface area contributed by atoms with Gasteiger partial charge in [-0.3, -0.25) is 4.79 Å². The number of rotatable bonds is 4. The molecular weight excluding hydrogens is 414 g/mol. The largest absolute Gasteiger partial charge is 0.451 e. The van der Waals surface area contributed by atoms with Gasteiger partial charge >= 0.3 is 0 Å². The molecule has 1 aromatic heterocycles. The molecule has 6 nitrogen and oxygen atoms in total. The SMILES string of the molecule is Cc1c(C(=O)N2CCC(NS(=O)(=O)c3ccc(F)cc3)CC2)oc2ccc(F)cc12. The van der Waals surface area contributed by atoms with E-state index in [1.165, 1.54) is 30.3 Å². The minimum absolute atomic E-state index is 0.00691. The summed E-state index contributed by atoms with van der Waals surface area (Å²) in [5.74, 6) is -1.05. The second-order valence-electron chi connectivity index (χ2n) is 7.34. The highest BCUT2D eigenvalue weighted by Gasteiger charge is 2.29. The van der Waals surface area contributed by atoms with Crippen molar-refractivity contribution in [3.63, 3.8) is 0 Å². The van der Waals surface area contributed by atoms with Crippen LogP contribution in [0.4, 0.5) is 8.78 Å². The normalized spacial score (nSPS) is 15.6. The molecule has 1 amide bonds. The number of benzene rings is 2. The molecule has 158 valence electrons. The maximum atomic E-state index is 13.5. The fraction of sp³-hybridized carbons (Fsp3) is 0.286. The predicted octanol–water partition coefficient (Wildman–Crippen LogP) is 3.60. The van der Waals surface area contributed by atoms with Gasteiger partial charge in [0.1, 0.15) is 17.2 Å². The van der Waals surface area contributed by atoms with E-state index in [2.05, 4.69) is 4.72 Å². The number of fused-ring (bicyclic) bond motifs is 1. The Morgan fingerprint density at radius 1 is 1.07 bits per heavy atom. The number of hydrogen-bond acceptors (Lipinski definition) is 4. The Hall–Kier alpha value is -2.78. The number of sulfonamides is 1. The van der Waals surface area contributed by atoms with E-state index in [0.717, 1.165) is 12.1 Å². The van der Waals surface area contributed by atoms with Crippen molar-refractivity contribution in [1.29, 1.82) is 0 Å². The van der Waals surface area contributed by atoms with Crippen LogP contribution in [0.15, 0.2) is 51.8 Å². The summed E-state index contributed by atoms with van der Waals surface area (Å²) in [6.07, 6.45) is 0.861. The molecule has 1 aliphatic rings. The molecule has 3 aromatic rings. The maximum Gasteiger partial charge on any atom is 0.289 e. The predicted molar refractivity (Wildman–Crippen MR) is 107 cm³/mol. The zero-order chi connectivity index (χ0) is 21.5. The van der Waals surface area contributed by atoms with E-state index >= 15 is 0 Å². The molecule has 1 fully saturated rings. The standard InChI is InChI=1S/C21H20F2N2O4S/c1-13-18-12-15(23)4-7-19(18)29-20(13)21(26)25-10-8-16(9-11-25)24-30(27,28)17-5-2-14(22)3-6-17/h2-7,12,16,24H,8-11H2,1H3. The number of carbonyl (C=O) groups excluding carboxylic acids is 1. The van der Waals surface area contributed by atoms with Gasteiger partial charge in [-0.1, -0.05) is 0 Å². The van der Waals surface area contributed by atoms with Crippen LogP contribution in [0.1, 0.15) is 29.0 Å². The first-order valence-corrected chi connectivity index (χ1v) is 11.0.